The summed E-state index contributed by atoms with van der Waals surface area (Å²) >= 11 is 0. The number of rotatable bonds is 5. The topological polar surface area (TPSA) is 99.1 Å². The zero-order valence-corrected chi connectivity index (χ0v) is 12.7. The zero-order valence-electron chi connectivity index (χ0n) is 11.9. The van der Waals surface area contributed by atoms with Crippen molar-refractivity contribution in [3.63, 3.8) is 0 Å². The van der Waals surface area contributed by atoms with E-state index in [1.807, 2.05) is 0 Å². The number of carbonyl (C=O) groups excluding carboxylic acids is 1. The van der Waals surface area contributed by atoms with Crippen molar-refractivity contribution in [1.82, 2.24) is 4.72 Å². The van der Waals surface area contributed by atoms with E-state index in [4.69, 9.17) is 0 Å². The maximum atomic E-state index is 12.3. The van der Waals surface area contributed by atoms with Gasteiger partial charge in [0.05, 0.1) is 11.0 Å². The van der Waals surface area contributed by atoms with Crippen LogP contribution in [0.2, 0.25) is 0 Å². The highest BCUT2D eigenvalue weighted by Gasteiger charge is 2.44. The molecule has 1 aromatic carbocycles. The minimum absolute atomic E-state index is 0.0657. The molecule has 0 unspecified atom stereocenters. The van der Waals surface area contributed by atoms with E-state index >= 15 is 0 Å². The molecule has 0 bridgehead atoms. The largest absolute Gasteiger partial charge is 0.326 e. The summed E-state index contributed by atoms with van der Waals surface area (Å²) in [4.78, 5) is 11.0. The quantitative estimate of drug-likeness (QED) is 0.863. The van der Waals surface area contributed by atoms with Crippen molar-refractivity contribution in [3.8, 4) is 6.07 Å². The Balaban J connectivity index is 2.19. The van der Waals surface area contributed by atoms with E-state index in [0.717, 1.165) is 12.8 Å². The van der Waals surface area contributed by atoms with Crippen molar-refractivity contribution in [2.75, 3.05) is 5.32 Å². The number of hydrogen-bond donors (Lipinski definition) is 2. The van der Waals surface area contributed by atoms with E-state index < -0.39 is 15.6 Å². The van der Waals surface area contributed by atoms with Gasteiger partial charge in [-0.3, -0.25) is 4.79 Å². The molecule has 1 aliphatic rings. The summed E-state index contributed by atoms with van der Waals surface area (Å²) in [5, 5.41) is 11.8. The minimum atomic E-state index is -3.77. The maximum Gasteiger partial charge on any atom is 0.241 e. The third kappa shape index (κ3) is 3.60. The summed E-state index contributed by atoms with van der Waals surface area (Å²) in [6.45, 7) is 2.98. The van der Waals surface area contributed by atoms with Gasteiger partial charge >= 0.3 is 0 Å². The first kappa shape index (κ1) is 15.5. The van der Waals surface area contributed by atoms with E-state index in [9.17, 15) is 18.5 Å². The molecule has 0 radical (unpaired) electrons. The van der Waals surface area contributed by atoms with Crippen LogP contribution in [0.25, 0.3) is 0 Å². The van der Waals surface area contributed by atoms with Crippen molar-refractivity contribution in [1.29, 1.82) is 5.26 Å². The summed E-state index contributed by atoms with van der Waals surface area (Å²) in [7, 11) is -3.77. The third-order valence-corrected chi connectivity index (χ3v) is 5.04. The Morgan fingerprint density at radius 2 is 1.90 bits per heavy atom. The van der Waals surface area contributed by atoms with Gasteiger partial charge < -0.3 is 5.32 Å². The van der Waals surface area contributed by atoms with Gasteiger partial charge in [0.25, 0.3) is 0 Å². The van der Waals surface area contributed by atoms with Gasteiger partial charge in [-0.05, 0) is 49.9 Å². The minimum Gasteiger partial charge on any atom is -0.326 e. The molecular weight excluding hydrogens is 290 g/mol. The fraction of sp³-hybridized carbons (Fsp3) is 0.429. The van der Waals surface area contributed by atoms with Gasteiger partial charge in [-0.2, -0.15) is 9.98 Å². The fourth-order valence-corrected chi connectivity index (χ4v) is 3.50. The number of sulfonamides is 1. The molecule has 1 aliphatic carbocycles. The van der Waals surface area contributed by atoms with Gasteiger partial charge in [0, 0.05) is 12.6 Å². The van der Waals surface area contributed by atoms with E-state index in [2.05, 4.69) is 16.1 Å². The number of amides is 1. The average Bonchev–Trinajstić information content (AvgIpc) is 3.22. The van der Waals surface area contributed by atoms with Crippen molar-refractivity contribution >= 4 is 21.6 Å². The lowest BCUT2D eigenvalue weighted by Gasteiger charge is -2.22. The Hall–Kier alpha value is -1.91. The SMILES string of the molecule is CC(=O)Nc1ccc(S(=O)(=O)N[C@@](C)(C#N)C2CC2)cc1. The molecule has 2 rings (SSSR count). The highest BCUT2D eigenvalue weighted by molar-refractivity contribution is 7.89. The predicted molar refractivity (Wildman–Crippen MR) is 77.8 cm³/mol. The summed E-state index contributed by atoms with van der Waals surface area (Å²) in [6.07, 6.45) is 1.71. The van der Waals surface area contributed by atoms with Crippen molar-refractivity contribution in [3.05, 3.63) is 24.3 Å². The zero-order chi connectivity index (χ0) is 15.7. The van der Waals surface area contributed by atoms with E-state index in [-0.39, 0.29) is 16.7 Å². The smallest absolute Gasteiger partial charge is 0.241 e. The fourth-order valence-electron chi connectivity index (χ4n) is 2.12. The van der Waals surface area contributed by atoms with Crippen LogP contribution in [-0.2, 0) is 14.8 Å². The monoisotopic (exact) mass is 307 g/mol. The summed E-state index contributed by atoms with van der Waals surface area (Å²) < 4.78 is 27.1. The van der Waals surface area contributed by atoms with Crippen LogP contribution in [0.15, 0.2) is 29.2 Å². The molecule has 21 heavy (non-hydrogen) atoms. The molecule has 0 heterocycles. The number of hydrogen-bond acceptors (Lipinski definition) is 4. The maximum absolute atomic E-state index is 12.3. The van der Waals surface area contributed by atoms with Gasteiger partial charge in [-0.1, -0.05) is 0 Å². The van der Waals surface area contributed by atoms with Crippen LogP contribution in [0.1, 0.15) is 26.7 Å². The molecule has 2 N–H and O–H groups in total. The van der Waals surface area contributed by atoms with Gasteiger partial charge in [0.15, 0.2) is 0 Å². The van der Waals surface area contributed by atoms with E-state index in [0.29, 0.717) is 5.69 Å². The molecule has 1 saturated carbocycles. The van der Waals surface area contributed by atoms with Crippen LogP contribution in [-0.4, -0.2) is 19.9 Å². The standard InChI is InChI=1S/C14H17N3O3S/c1-10(18)16-12-5-7-13(8-6-12)21(19,20)17-14(2,9-15)11-3-4-11/h5-8,11,17H,3-4H2,1-2H3,(H,16,18)/t14-/m0/s1. The van der Waals surface area contributed by atoms with Crippen LogP contribution in [0.5, 0.6) is 0 Å². The first-order valence-electron chi connectivity index (χ1n) is 6.60. The Morgan fingerprint density at radius 3 is 2.33 bits per heavy atom. The molecule has 7 heteroatoms. The molecule has 0 aromatic heterocycles. The van der Waals surface area contributed by atoms with Crippen molar-refractivity contribution in [2.24, 2.45) is 5.92 Å². The second-order valence-corrected chi connectivity index (χ2v) is 7.08. The molecule has 112 valence electrons. The van der Waals surface area contributed by atoms with Crippen LogP contribution in [0.4, 0.5) is 5.69 Å². The lowest BCUT2D eigenvalue weighted by atomic mass is 10.0. The molecule has 1 aromatic rings. The molecule has 1 fully saturated rings. The van der Waals surface area contributed by atoms with Gasteiger partial charge in [-0.25, -0.2) is 8.42 Å². The van der Waals surface area contributed by atoms with Crippen LogP contribution in [0.3, 0.4) is 0 Å². The second kappa shape index (κ2) is 5.47. The van der Waals surface area contributed by atoms with Crippen LogP contribution < -0.4 is 10.0 Å². The van der Waals surface area contributed by atoms with E-state index in [1.54, 1.807) is 6.92 Å². The average molecular weight is 307 g/mol. The molecule has 1 amide bonds. The number of nitriles is 1. The third-order valence-electron chi connectivity index (χ3n) is 3.46. The Morgan fingerprint density at radius 1 is 1.33 bits per heavy atom. The molecule has 0 aliphatic heterocycles. The Labute approximate surface area is 124 Å². The Bertz CT molecular complexity index is 687. The predicted octanol–water partition coefficient (Wildman–Crippen LogP) is 1.62. The van der Waals surface area contributed by atoms with Crippen molar-refractivity contribution < 1.29 is 13.2 Å². The van der Waals surface area contributed by atoms with Gasteiger partial charge in [0.2, 0.25) is 15.9 Å². The summed E-state index contributed by atoms with van der Waals surface area (Å²) in [5.41, 5.74) is -0.554. The summed E-state index contributed by atoms with van der Waals surface area (Å²) in [6, 6.07) is 7.88. The number of carbonyl (C=O) groups is 1. The van der Waals surface area contributed by atoms with Crippen LogP contribution >= 0.6 is 0 Å². The number of nitrogens with zero attached hydrogens (tertiary/aromatic N) is 1. The normalized spacial score (nSPS) is 17.6. The molecule has 6 nitrogen and oxygen atoms in total. The van der Waals surface area contributed by atoms with E-state index in [1.165, 1.54) is 31.2 Å². The number of anilines is 1. The lowest BCUT2D eigenvalue weighted by Crippen LogP contribution is -2.46. The van der Waals surface area contributed by atoms with Gasteiger partial charge in [0.1, 0.15) is 5.54 Å². The number of benzene rings is 1. The second-order valence-electron chi connectivity index (χ2n) is 5.40. The lowest BCUT2D eigenvalue weighted by molar-refractivity contribution is -0.114. The molecular formula is C14H17N3O3S. The number of nitrogens with one attached hydrogen (secondary N) is 2. The van der Waals surface area contributed by atoms with Gasteiger partial charge in [-0.15, -0.1) is 0 Å². The first-order chi connectivity index (χ1) is 9.77. The highest BCUT2D eigenvalue weighted by atomic mass is 32.2. The Kier molecular flexibility index (Phi) is 4.03. The molecule has 1 atom stereocenters. The first-order valence-corrected chi connectivity index (χ1v) is 8.08. The molecule has 0 spiro atoms. The van der Waals surface area contributed by atoms with Crippen molar-refractivity contribution in [2.45, 2.75) is 37.1 Å². The molecule has 0 saturated heterocycles. The highest BCUT2D eigenvalue weighted by Crippen LogP contribution is 2.39. The summed E-state index contributed by atoms with van der Waals surface area (Å²) in [5.74, 6) is -0.162. The van der Waals surface area contributed by atoms with Crippen LogP contribution in [0, 0.1) is 17.2 Å².